The normalized spacial score (nSPS) is 18.8. The zero-order chi connectivity index (χ0) is 28.2. The zero-order valence-corrected chi connectivity index (χ0v) is 23.9. The topological polar surface area (TPSA) is 174 Å². The lowest BCUT2D eigenvalue weighted by Gasteiger charge is -2.24. The van der Waals surface area contributed by atoms with E-state index < -0.39 is 31.5 Å². The van der Waals surface area contributed by atoms with Gasteiger partial charge in [-0.3, -0.25) is 14.2 Å². The van der Waals surface area contributed by atoms with Crippen molar-refractivity contribution in [3.05, 3.63) is 47.0 Å². The Morgan fingerprint density at radius 1 is 1.13 bits per heavy atom. The summed E-state index contributed by atoms with van der Waals surface area (Å²) in [6.45, 7) is 0.950. The van der Waals surface area contributed by atoms with Crippen LogP contribution in [0.3, 0.4) is 0 Å². The number of benzene rings is 2. The summed E-state index contributed by atoms with van der Waals surface area (Å²) in [7, 11) is -2.18. The van der Waals surface area contributed by atoms with Gasteiger partial charge in [-0.05, 0) is 61.0 Å². The zero-order valence-electron chi connectivity index (χ0n) is 21.8. The minimum absolute atomic E-state index is 0.0837. The molecule has 1 heterocycles. The highest BCUT2D eigenvalue weighted by molar-refractivity contribution is 7.61. The van der Waals surface area contributed by atoms with Crippen molar-refractivity contribution in [2.24, 2.45) is 17.4 Å². The van der Waals surface area contributed by atoms with E-state index in [1.54, 1.807) is 24.3 Å². The Labute approximate surface area is 230 Å². The van der Waals surface area contributed by atoms with E-state index in [0.29, 0.717) is 59.9 Å². The maximum Gasteiger partial charge on any atom is 0.356 e. The van der Waals surface area contributed by atoms with Gasteiger partial charge in [-0.15, -0.1) is 9.24 Å². The lowest BCUT2D eigenvalue weighted by molar-refractivity contribution is -0.123. The van der Waals surface area contributed by atoms with Gasteiger partial charge in [-0.25, -0.2) is 0 Å². The quantitative estimate of drug-likeness (QED) is 0.281. The number of amides is 2. The van der Waals surface area contributed by atoms with Crippen LogP contribution in [0, 0.1) is 5.92 Å². The van der Waals surface area contributed by atoms with Gasteiger partial charge in [0.05, 0.1) is 36.2 Å². The summed E-state index contributed by atoms with van der Waals surface area (Å²) in [5, 5.41) is 3.23. The molecule has 2 aromatic carbocycles. The van der Waals surface area contributed by atoms with Crippen molar-refractivity contribution in [3.8, 4) is 11.5 Å². The summed E-state index contributed by atoms with van der Waals surface area (Å²) in [5.74, 6) is 0.295. The molecule has 2 amide bonds. The molecule has 0 spiro atoms. The largest absolute Gasteiger partial charge is 0.493 e. The molecule has 10 nitrogen and oxygen atoms in total. The number of ether oxygens (including phenoxy) is 2. The first-order valence-electron chi connectivity index (χ1n) is 13.3. The number of hydrogen-bond acceptors (Lipinski definition) is 6. The second-order valence-corrected chi connectivity index (χ2v) is 12.6. The number of hydrogen-bond donors (Lipinski definition) is 5. The molecule has 3 atom stereocenters. The van der Waals surface area contributed by atoms with Crippen LogP contribution >= 0.6 is 16.8 Å². The van der Waals surface area contributed by atoms with Gasteiger partial charge in [-0.1, -0.05) is 31.4 Å². The highest BCUT2D eigenvalue weighted by Crippen LogP contribution is 2.38. The fourth-order valence-corrected chi connectivity index (χ4v) is 6.65. The van der Waals surface area contributed by atoms with Crippen LogP contribution in [0.15, 0.2) is 30.3 Å². The molecule has 7 N–H and O–H groups in total. The molecule has 0 bridgehead atoms. The van der Waals surface area contributed by atoms with Crippen molar-refractivity contribution in [3.63, 3.8) is 0 Å². The summed E-state index contributed by atoms with van der Waals surface area (Å²) in [4.78, 5) is 44.6. The van der Waals surface area contributed by atoms with Crippen LogP contribution < -0.4 is 36.9 Å². The van der Waals surface area contributed by atoms with Gasteiger partial charge in [0.25, 0.3) is 5.91 Å². The van der Waals surface area contributed by atoms with Gasteiger partial charge >= 0.3 is 7.60 Å². The molecule has 1 unspecified atom stereocenters. The first-order chi connectivity index (χ1) is 18.5. The molecular formula is C27H37N3O7P2. The van der Waals surface area contributed by atoms with Crippen molar-refractivity contribution >= 4 is 39.3 Å². The van der Waals surface area contributed by atoms with E-state index in [1.807, 2.05) is 0 Å². The van der Waals surface area contributed by atoms with Crippen LogP contribution in [0.1, 0.15) is 72.5 Å². The van der Waals surface area contributed by atoms with Crippen LogP contribution in [0.2, 0.25) is 0 Å². The van der Waals surface area contributed by atoms with Gasteiger partial charge in [0.15, 0.2) is 0 Å². The number of nitrogens with one attached hydrogen (secondary N) is 1. The predicted molar refractivity (Wildman–Crippen MR) is 152 cm³/mol. The number of nitrogens with two attached hydrogens (primary N) is 2. The highest BCUT2D eigenvalue weighted by Gasteiger charge is 2.28. The molecule has 2 aromatic rings. The third-order valence-corrected chi connectivity index (χ3v) is 9.13. The lowest BCUT2D eigenvalue weighted by Crippen LogP contribution is -2.43. The number of carbonyl (C=O) groups excluding carboxylic acids is 2. The Balaban J connectivity index is 1.50. The Kier molecular flexibility index (Phi) is 9.68. The standard InChI is InChI=1S/C27H37N3O7P2/c28-20(11-17-8-9-24(38)25(12-17)39(33,34)35)27(32)30-21-7-4-10-36-22-14-23(19(26(29)31)13-18(21)22)37-15-16-5-2-1-3-6-16/h8-9,12-14,16,20-21H,1-7,10-11,15,28,38H2,(H2,29,31)(H,30,32)(H2,33,34,35)/t20-,21-/m0/s1. The summed E-state index contributed by atoms with van der Waals surface area (Å²) in [6.07, 6.45) is 7.12. The first-order valence-corrected chi connectivity index (χ1v) is 15.5. The number of rotatable bonds is 9. The summed E-state index contributed by atoms with van der Waals surface area (Å²) in [5.41, 5.74) is 13.3. The second-order valence-electron chi connectivity index (χ2n) is 10.4. The smallest absolute Gasteiger partial charge is 0.356 e. The SMILES string of the molecule is NC(=O)c1cc2c(cc1OCC1CCCCC1)OCCC[C@@H]2NC(=O)[C@@H](N)Cc1ccc(P)c(P(=O)(O)O)c1. The van der Waals surface area contributed by atoms with E-state index in [-0.39, 0.29) is 17.3 Å². The van der Waals surface area contributed by atoms with Crippen LogP contribution in [-0.4, -0.2) is 40.9 Å². The fourth-order valence-electron chi connectivity index (χ4n) is 5.22. The van der Waals surface area contributed by atoms with Crippen molar-refractivity contribution in [1.82, 2.24) is 5.32 Å². The van der Waals surface area contributed by atoms with E-state index >= 15 is 0 Å². The summed E-state index contributed by atoms with van der Waals surface area (Å²) >= 11 is 0. The Morgan fingerprint density at radius 3 is 2.56 bits per heavy atom. The van der Waals surface area contributed by atoms with E-state index in [0.717, 1.165) is 12.8 Å². The maximum absolute atomic E-state index is 13.1. The number of primary amides is 1. The summed E-state index contributed by atoms with van der Waals surface area (Å²) in [6, 6.07) is 6.52. The molecule has 1 saturated carbocycles. The minimum Gasteiger partial charge on any atom is -0.493 e. The van der Waals surface area contributed by atoms with Gasteiger partial charge in [0, 0.05) is 11.6 Å². The Hall–Kier alpha value is -2.48. The van der Waals surface area contributed by atoms with Crippen molar-refractivity contribution in [1.29, 1.82) is 0 Å². The van der Waals surface area contributed by atoms with Crippen LogP contribution in [0.4, 0.5) is 0 Å². The average Bonchev–Trinajstić information content (AvgIpc) is 3.09. The third kappa shape index (κ3) is 7.59. The maximum atomic E-state index is 13.1. The van der Waals surface area contributed by atoms with E-state index in [1.165, 1.54) is 25.3 Å². The highest BCUT2D eigenvalue weighted by atomic mass is 31.2. The van der Waals surface area contributed by atoms with Crippen molar-refractivity contribution in [2.75, 3.05) is 13.2 Å². The van der Waals surface area contributed by atoms with Gasteiger partial charge in [0.1, 0.15) is 11.5 Å². The molecule has 12 heteroatoms. The van der Waals surface area contributed by atoms with E-state index in [9.17, 15) is 23.9 Å². The monoisotopic (exact) mass is 577 g/mol. The van der Waals surface area contributed by atoms with Crippen LogP contribution in [-0.2, 0) is 15.8 Å². The molecule has 0 aromatic heterocycles. The molecule has 4 rings (SSSR count). The van der Waals surface area contributed by atoms with Crippen LogP contribution in [0.5, 0.6) is 11.5 Å². The average molecular weight is 578 g/mol. The summed E-state index contributed by atoms with van der Waals surface area (Å²) < 4.78 is 23.8. The minimum atomic E-state index is -4.47. The van der Waals surface area contributed by atoms with E-state index in [2.05, 4.69) is 14.6 Å². The predicted octanol–water partition coefficient (Wildman–Crippen LogP) is 1.95. The number of fused-ring (bicyclic) bond motifs is 1. The molecule has 39 heavy (non-hydrogen) atoms. The van der Waals surface area contributed by atoms with E-state index in [4.69, 9.17) is 20.9 Å². The first kappa shape index (κ1) is 29.5. The third-order valence-electron chi connectivity index (χ3n) is 7.36. The van der Waals surface area contributed by atoms with Gasteiger partial charge in [0.2, 0.25) is 5.91 Å². The second kappa shape index (κ2) is 12.8. The van der Waals surface area contributed by atoms with Crippen molar-refractivity contribution in [2.45, 2.75) is 63.5 Å². The Morgan fingerprint density at radius 2 is 1.87 bits per heavy atom. The Bertz CT molecular complexity index is 1260. The fraction of sp³-hybridized carbons (Fsp3) is 0.481. The van der Waals surface area contributed by atoms with Crippen LogP contribution in [0.25, 0.3) is 0 Å². The molecule has 1 aliphatic carbocycles. The number of carbonyl (C=O) groups is 2. The molecule has 1 aliphatic heterocycles. The van der Waals surface area contributed by atoms with Crippen molar-refractivity contribution < 1.29 is 33.4 Å². The molecular weight excluding hydrogens is 540 g/mol. The molecule has 1 fully saturated rings. The molecule has 0 radical (unpaired) electrons. The van der Waals surface area contributed by atoms with Gasteiger partial charge in [-0.2, -0.15) is 0 Å². The molecule has 2 aliphatic rings. The molecule has 212 valence electrons. The lowest BCUT2D eigenvalue weighted by atomic mass is 9.90. The van der Waals surface area contributed by atoms with Gasteiger partial charge < -0.3 is 36.0 Å². The molecule has 0 saturated heterocycles.